The van der Waals surface area contributed by atoms with Gasteiger partial charge in [0.1, 0.15) is 0 Å². The van der Waals surface area contributed by atoms with E-state index < -0.39 is 11.7 Å². The summed E-state index contributed by atoms with van der Waals surface area (Å²) in [4.78, 5) is 25.3. The van der Waals surface area contributed by atoms with Gasteiger partial charge < -0.3 is 10.2 Å². The van der Waals surface area contributed by atoms with Crippen LogP contribution in [0, 0.1) is 11.8 Å². The molecule has 1 N–H and O–H groups in total. The van der Waals surface area contributed by atoms with Gasteiger partial charge in [0, 0.05) is 18.8 Å². The lowest BCUT2D eigenvalue weighted by Gasteiger charge is -2.28. The second kappa shape index (κ2) is 5.65. The molecule has 2 rings (SSSR count). The van der Waals surface area contributed by atoms with Gasteiger partial charge in [-0.15, -0.1) is 0 Å². The Labute approximate surface area is 120 Å². The van der Waals surface area contributed by atoms with E-state index in [1.165, 1.54) is 0 Å². The van der Waals surface area contributed by atoms with Crippen molar-refractivity contribution in [3.8, 4) is 0 Å². The van der Waals surface area contributed by atoms with E-state index in [0.717, 1.165) is 18.8 Å². The number of rotatable bonds is 5. The quantitative estimate of drug-likeness (QED) is 0.840. The van der Waals surface area contributed by atoms with Crippen LogP contribution in [-0.2, 0) is 4.79 Å². The molecule has 0 fully saturated rings. The van der Waals surface area contributed by atoms with E-state index in [4.69, 9.17) is 0 Å². The van der Waals surface area contributed by atoms with Gasteiger partial charge in [-0.2, -0.15) is 0 Å². The van der Waals surface area contributed by atoms with Crippen molar-refractivity contribution in [1.82, 2.24) is 0 Å². The maximum atomic E-state index is 11.6. The predicted molar refractivity (Wildman–Crippen MR) is 81.3 cm³/mol. The maximum absolute atomic E-state index is 11.6. The minimum absolute atomic E-state index is 0.439. The molecule has 1 aromatic carbocycles. The summed E-state index contributed by atoms with van der Waals surface area (Å²) >= 11 is 0. The number of nitrogens with one attached hydrogen (secondary N) is 1. The molecule has 0 atom stereocenters. The van der Waals surface area contributed by atoms with Crippen molar-refractivity contribution in [3.05, 3.63) is 23.8 Å². The Morgan fingerprint density at radius 3 is 2.20 bits per heavy atom. The number of fused-ring (bicyclic) bond motifs is 1. The molecule has 4 heteroatoms. The molecule has 0 bridgehead atoms. The molecular weight excluding hydrogens is 252 g/mol. The first-order chi connectivity index (χ1) is 9.38. The zero-order valence-electron chi connectivity index (χ0n) is 12.6. The fourth-order valence-electron chi connectivity index (χ4n) is 2.50. The number of ketones is 1. The van der Waals surface area contributed by atoms with Gasteiger partial charge in [0.05, 0.1) is 11.3 Å². The predicted octanol–water partition coefficient (Wildman–Crippen LogP) is 2.94. The minimum Gasteiger partial charge on any atom is -0.371 e. The fourth-order valence-corrected chi connectivity index (χ4v) is 2.50. The van der Waals surface area contributed by atoms with Crippen molar-refractivity contribution in [1.29, 1.82) is 0 Å². The molecule has 1 aliphatic rings. The first-order valence-electron chi connectivity index (χ1n) is 7.13. The summed E-state index contributed by atoms with van der Waals surface area (Å²) in [5, 5.41) is 2.63. The van der Waals surface area contributed by atoms with Crippen LogP contribution >= 0.6 is 0 Å². The molecule has 0 saturated carbocycles. The number of hydrogen-bond acceptors (Lipinski definition) is 3. The topological polar surface area (TPSA) is 49.4 Å². The standard InChI is InChI=1S/C16H22N2O2/c1-10(2)8-18(9-11(3)4)12-5-6-13-14(7-12)17-16(20)15(13)19/h5-7,10-11H,8-9H2,1-4H3,(H,17,19,20). The minimum atomic E-state index is -0.531. The van der Waals surface area contributed by atoms with E-state index in [1.807, 2.05) is 12.1 Å². The first-order valence-corrected chi connectivity index (χ1v) is 7.13. The second-order valence-electron chi connectivity index (χ2n) is 6.21. The van der Waals surface area contributed by atoms with Crippen molar-refractivity contribution in [2.24, 2.45) is 11.8 Å². The molecule has 1 aliphatic heterocycles. The Hall–Kier alpha value is -1.84. The van der Waals surface area contributed by atoms with Crippen LogP contribution < -0.4 is 10.2 Å². The SMILES string of the molecule is CC(C)CN(CC(C)C)c1ccc2c(c1)NC(=O)C2=O. The highest BCUT2D eigenvalue weighted by atomic mass is 16.2. The van der Waals surface area contributed by atoms with Gasteiger partial charge in [-0.3, -0.25) is 9.59 Å². The molecule has 0 unspecified atom stereocenters. The van der Waals surface area contributed by atoms with E-state index in [2.05, 4.69) is 37.9 Å². The lowest BCUT2D eigenvalue weighted by atomic mass is 10.1. The van der Waals surface area contributed by atoms with Crippen molar-refractivity contribution >= 4 is 23.1 Å². The first kappa shape index (κ1) is 14.6. The normalized spacial score (nSPS) is 13.9. The summed E-state index contributed by atoms with van der Waals surface area (Å²) in [5.41, 5.74) is 2.17. The van der Waals surface area contributed by atoms with Crippen LogP contribution in [-0.4, -0.2) is 24.8 Å². The van der Waals surface area contributed by atoms with E-state index in [1.54, 1.807) is 6.07 Å². The Kier molecular flexibility index (Phi) is 4.12. The smallest absolute Gasteiger partial charge is 0.296 e. The average molecular weight is 274 g/mol. The van der Waals surface area contributed by atoms with Crippen LogP contribution in [0.15, 0.2) is 18.2 Å². The third-order valence-corrected chi connectivity index (χ3v) is 3.24. The van der Waals surface area contributed by atoms with Gasteiger partial charge in [0.2, 0.25) is 0 Å². The lowest BCUT2D eigenvalue weighted by molar-refractivity contribution is -0.112. The number of carbonyl (C=O) groups excluding carboxylic acids is 2. The molecule has 0 spiro atoms. The average Bonchev–Trinajstić information content (AvgIpc) is 2.62. The zero-order chi connectivity index (χ0) is 14.9. The van der Waals surface area contributed by atoms with Crippen LogP contribution in [0.2, 0.25) is 0 Å². The van der Waals surface area contributed by atoms with Crippen LogP contribution in [0.3, 0.4) is 0 Å². The molecular formula is C16H22N2O2. The lowest BCUT2D eigenvalue weighted by Crippen LogP contribution is -2.31. The van der Waals surface area contributed by atoms with Gasteiger partial charge in [0.15, 0.2) is 0 Å². The fraction of sp³-hybridized carbons (Fsp3) is 0.500. The highest BCUT2D eigenvalue weighted by molar-refractivity contribution is 6.51. The van der Waals surface area contributed by atoms with Gasteiger partial charge in [-0.05, 0) is 30.0 Å². The summed E-state index contributed by atoms with van der Waals surface area (Å²) < 4.78 is 0. The van der Waals surface area contributed by atoms with Crippen LogP contribution in [0.25, 0.3) is 0 Å². The molecule has 0 radical (unpaired) electrons. The number of hydrogen-bond donors (Lipinski definition) is 1. The molecule has 1 heterocycles. The molecule has 1 aromatic rings. The molecule has 0 saturated heterocycles. The summed E-state index contributed by atoms with van der Waals surface area (Å²) in [6.45, 7) is 10.7. The molecule has 20 heavy (non-hydrogen) atoms. The number of nitrogens with zero attached hydrogens (tertiary/aromatic N) is 1. The monoisotopic (exact) mass is 274 g/mol. The van der Waals surface area contributed by atoms with Crippen molar-refractivity contribution in [3.63, 3.8) is 0 Å². The second-order valence-corrected chi connectivity index (χ2v) is 6.21. The highest BCUT2D eigenvalue weighted by Crippen LogP contribution is 2.29. The maximum Gasteiger partial charge on any atom is 0.296 e. The van der Waals surface area contributed by atoms with E-state index in [-0.39, 0.29) is 0 Å². The summed E-state index contributed by atoms with van der Waals surface area (Å²) in [5.74, 6) is 0.138. The van der Waals surface area contributed by atoms with Crippen LogP contribution in [0.5, 0.6) is 0 Å². The summed E-state index contributed by atoms with van der Waals surface area (Å²) in [6, 6.07) is 5.59. The van der Waals surface area contributed by atoms with Gasteiger partial charge in [0.25, 0.3) is 11.7 Å². The molecule has 4 nitrogen and oxygen atoms in total. The van der Waals surface area contributed by atoms with Crippen LogP contribution in [0.4, 0.5) is 11.4 Å². The number of amides is 1. The van der Waals surface area contributed by atoms with Gasteiger partial charge in [-0.25, -0.2) is 0 Å². The number of anilines is 2. The van der Waals surface area contributed by atoms with E-state index in [9.17, 15) is 9.59 Å². The highest BCUT2D eigenvalue weighted by Gasteiger charge is 2.28. The Balaban J connectivity index is 2.29. The van der Waals surface area contributed by atoms with Crippen molar-refractivity contribution < 1.29 is 9.59 Å². The third-order valence-electron chi connectivity index (χ3n) is 3.24. The van der Waals surface area contributed by atoms with Crippen molar-refractivity contribution in [2.75, 3.05) is 23.3 Å². The Morgan fingerprint density at radius 1 is 1.05 bits per heavy atom. The largest absolute Gasteiger partial charge is 0.371 e. The number of benzene rings is 1. The molecule has 0 aliphatic carbocycles. The van der Waals surface area contributed by atoms with Gasteiger partial charge in [-0.1, -0.05) is 27.7 Å². The van der Waals surface area contributed by atoms with Gasteiger partial charge >= 0.3 is 0 Å². The Morgan fingerprint density at radius 2 is 1.65 bits per heavy atom. The van der Waals surface area contributed by atoms with E-state index in [0.29, 0.717) is 23.1 Å². The third kappa shape index (κ3) is 3.00. The van der Waals surface area contributed by atoms with Crippen molar-refractivity contribution in [2.45, 2.75) is 27.7 Å². The molecule has 0 aromatic heterocycles. The van der Waals surface area contributed by atoms with E-state index >= 15 is 0 Å². The summed E-state index contributed by atoms with van der Waals surface area (Å²) in [6.07, 6.45) is 0. The molecule has 1 amide bonds. The molecule has 108 valence electrons. The Bertz CT molecular complexity index is 525. The number of Topliss-reactive ketones (excluding diaryl/α,β-unsaturated/α-hetero) is 1. The number of carbonyl (C=O) groups is 2. The summed E-state index contributed by atoms with van der Waals surface area (Å²) in [7, 11) is 0. The zero-order valence-corrected chi connectivity index (χ0v) is 12.6. The van der Waals surface area contributed by atoms with Crippen LogP contribution in [0.1, 0.15) is 38.1 Å².